The molecule has 4 nitrogen and oxygen atoms in total. The molecule has 16 heavy (non-hydrogen) atoms. The van der Waals surface area contributed by atoms with E-state index in [2.05, 4.69) is 16.0 Å². The summed E-state index contributed by atoms with van der Waals surface area (Å²) in [6.07, 6.45) is 2.04. The van der Waals surface area contributed by atoms with Crippen molar-refractivity contribution in [3.63, 3.8) is 0 Å². The zero-order chi connectivity index (χ0) is 11.3. The molecule has 1 heterocycles. The average Bonchev–Trinajstić information content (AvgIpc) is 2.89. The van der Waals surface area contributed by atoms with E-state index in [9.17, 15) is 0 Å². The van der Waals surface area contributed by atoms with Crippen LogP contribution in [0.4, 0.5) is 0 Å². The number of hydrogen-bond donors (Lipinski definition) is 3. The van der Waals surface area contributed by atoms with Gasteiger partial charge in [0.15, 0.2) is 0 Å². The van der Waals surface area contributed by atoms with Crippen molar-refractivity contribution in [3.8, 4) is 0 Å². The van der Waals surface area contributed by atoms with Gasteiger partial charge in [0.1, 0.15) is 5.82 Å². The van der Waals surface area contributed by atoms with Crippen LogP contribution in [0.25, 0.3) is 11.0 Å². The van der Waals surface area contributed by atoms with Crippen LogP contribution in [0.15, 0.2) is 18.2 Å². The number of aromatic amines is 1. The van der Waals surface area contributed by atoms with Crippen LogP contribution in [0.3, 0.4) is 0 Å². The molecule has 1 aliphatic carbocycles. The highest BCUT2D eigenvalue weighted by Crippen LogP contribution is 2.42. The Morgan fingerprint density at radius 1 is 1.44 bits per heavy atom. The minimum Gasteiger partial charge on any atom is -0.342 e. The standard InChI is InChI=1S/C12H16N4/c1-7-15-9-3-2-8(6-10(9)16-7)11(13)12(14)4-5-12/h2-3,6,11H,4-5,13-14H2,1H3,(H,15,16). The normalized spacial score (nSPS) is 19.9. The molecule has 1 atom stereocenters. The van der Waals surface area contributed by atoms with Gasteiger partial charge in [-0.15, -0.1) is 0 Å². The monoisotopic (exact) mass is 216 g/mol. The summed E-state index contributed by atoms with van der Waals surface area (Å²) < 4.78 is 0. The lowest BCUT2D eigenvalue weighted by atomic mass is 9.98. The number of hydrogen-bond acceptors (Lipinski definition) is 3. The van der Waals surface area contributed by atoms with Gasteiger partial charge in [-0.25, -0.2) is 4.98 Å². The Balaban J connectivity index is 2.04. The average molecular weight is 216 g/mol. The van der Waals surface area contributed by atoms with E-state index < -0.39 is 0 Å². The molecular formula is C12H16N4. The summed E-state index contributed by atoms with van der Waals surface area (Å²) in [5, 5.41) is 0. The molecule has 84 valence electrons. The molecular weight excluding hydrogens is 200 g/mol. The van der Waals surface area contributed by atoms with Crippen LogP contribution < -0.4 is 11.5 Å². The van der Waals surface area contributed by atoms with Gasteiger partial charge in [0.25, 0.3) is 0 Å². The van der Waals surface area contributed by atoms with E-state index >= 15 is 0 Å². The SMILES string of the molecule is Cc1nc2ccc(C(N)C3(N)CC3)cc2[nH]1. The summed E-state index contributed by atoms with van der Waals surface area (Å²) in [5.41, 5.74) is 15.2. The molecule has 0 spiro atoms. The maximum absolute atomic E-state index is 6.17. The van der Waals surface area contributed by atoms with E-state index in [0.29, 0.717) is 0 Å². The van der Waals surface area contributed by atoms with E-state index in [1.54, 1.807) is 0 Å². The predicted octanol–water partition coefficient (Wildman–Crippen LogP) is 1.36. The molecule has 0 bridgehead atoms. The van der Waals surface area contributed by atoms with Crippen molar-refractivity contribution in [2.45, 2.75) is 31.3 Å². The third kappa shape index (κ3) is 1.42. The molecule has 5 N–H and O–H groups in total. The second-order valence-corrected chi connectivity index (χ2v) is 4.81. The summed E-state index contributed by atoms with van der Waals surface area (Å²) in [4.78, 5) is 7.58. The summed E-state index contributed by atoms with van der Waals surface area (Å²) in [7, 11) is 0. The molecule has 0 radical (unpaired) electrons. The van der Waals surface area contributed by atoms with Crippen LogP contribution in [0, 0.1) is 6.92 Å². The number of H-pyrrole nitrogens is 1. The number of benzene rings is 1. The zero-order valence-electron chi connectivity index (χ0n) is 9.33. The van der Waals surface area contributed by atoms with Gasteiger partial charge in [-0.2, -0.15) is 0 Å². The third-order valence-electron chi connectivity index (χ3n) is 3.43. The molecule has 0 amide bonds. The molecule has 1 aromatic heterocycles. The van der Waals surface area contributed by atoms with Gasteiger partial charge in [-0.3, -0.25) is 0 Å². The number of nitrogens with two attached hydrogens (primary N) is 2. The summed E-state index contributed by atoms with van der Waals surface area (Å²) in [6, 6.07) is 6.02. The molecule has 0 saturated heterocycles. The second kappa shape index (κ2) is 3.06. The van der Waals surface area contributed by atoms with Gasteiger partial charge >= 0.3 is 0 Å². The quantitative estimate of drug-likeness (QED) is 0.709. The number of rotatable bonds is 2. The van der Waals surface area contributed by atoms with Crippen molar-refractivity contribution in [1.29, 1.82) is 0 Å². The Labute approximate surface area is 94.0 Å². The molecule has 2 aromatic rings. The molecule has 3 rings (SSSR count). The lowest BCUT2D eigenvalue weighted by Gasteiger charge is -2.18. The van der Waals surface area contributed by atoms with Crippen molar-refractivity contribution in [2.24, 2.45) is 11.5 Å². The first-order chi connectivity index (χ1) is 7.58. The lowest BCUT2D eigenvalue weighted by molar-refractivity contribution is 0.536. The number of aryl methyl sites for hydroxylation is 1. The summed E-state index contributed by atoms with van der Waals surface area (Å²) in [6.45, 7) is 1.95. The van der Waals surface area contributed by atoms with E-state index in [4.69, 9.17) is 11.5 Å². The highest BCUT2D eigenvalue weighted by Gasteiger charge is 2.44. The van der Waals surface area contributed by atoms with Crippen molar-refractivity contribution < 1.29 is 0 Å². The Hall–Kier alpha value is -1.39. The highest BCUT2D eigenvalue weighted by atomic mass is 14.9. The van der Waals surface area contributed by atoms with Crippen molar-refractivity contribution >= 4 is 11.0 Å². The van der Waals surface area contributed by atoms with Gasteiger partial charge < -0.3 is 16.5 Å². The largest absolute Gasteiger partial charge is 0.342 e. The summed E-state index contributed by atoms with van der Waals surface area (Å²) >= 11 is 0. The first kappa shape index (κ1) is 9.81. The first-order valence-electron chi connectivity index (χ1n) is 5.59. The molecule has 1 aliphatic rings. The fraction of sp³-hybridized carbons (Fsp3) is 0.417. The highest BCUT2D eigenvalue weighted by molar-refractivity contribution is 5.76. The van der Waals surface area contributed by atoms with Crippen LogP contribution >= 0.6 is 0 Å². The maximum Gasteiger partial charge on any atom is 0.104 e. The van der Waals surface area contributed by atoms with Gasteiger partial charge in [0.05, 0.1) is 11.0 Å². The molecule has 0 aliphatic heterocycles. The molecule has 1 unspecified atom stereocenters. The third-order valence-corrected chi connectivity index (χ3v) is 3.43. The Kier molecular flexibility index (Phi) is 1.87. The first-order valence-corrected chi connectivity index (χ1v) is 5.59. The predicted molar refractivity (Wildman–Crippen MR) is 63.9 cm³/mol. The second-order valence-electron chi connectivity index (χ2n) is 4.81. The van der Waals surface area contributed by atoms with Crippen LogP contribution in [-0.4, -0.2) is 15.5 Å². The number of nitrogens with zero attached hydrogens (tertiary/aromatic N) is 1. The van der Waals surface area contributed by atoms with Crippen molar-refractivity contribution in [1.82, 2.24) is 9.97 Å². The van der Waals surface area contributed by atoms with Crippen LogP contribution in [0.2, 0.25) is 0 Å². The Morgan fingerprint density at radius 3 is 2.88 bits per heavy atom. The van der Waals surface area contributed by atoms with E-state index in [-0.39, 0.29) is 11.6 Å². The minimum absolute atomic E-state index is 0.0690. The number of aromatic nitrogens is 2. The number of fused-ring (bicyclic) bond motifs is 1. The number of imidazole rings is 1. The zero-order valence-corrected chi connectivity index (χ0v) is 9.33. The van der Waals surface area contributed by atoms with Crippen LogP contribution in [0.5, 0.6) is 0 Å². The van der Waals surface area contributed by atoms with E-state index in [1.807, 2.05) is 19.1 Å². The van der Waals surface area contributed by atoms with Crippen molar-refractivity contribution in [3.05, 3.63) is 29.6 Å². The van der Waals surface area contributed by atoms with E-state index in [0.717, 1.165) is 35.3 Å². The van der Waals surface area contributed by atoms with Crippen molar-refractivity contribution in [2.75, 3.05) is 0 Å². The Morgan fingerprint density at radius 2 is 2.19 bits per heavy atom. The van der Waals surface area contributed by atoms with Crippen LogP contribution in [0.1, 0.15) is 30.3 Å². The van der Waals surface area contributed by atoms with Gasteiger partial charge in [-0.1, -0.05) is 6.07 Å². The topological polar surface area (TPSA) is 80.7 Å². The number of nitrogens with one attached hydrogen (secondary N) is 1. The fourth-order valence-electron chi connectivity index (χ4n) is 2.14. The maximum atomic E-state index is 6.17. The smallest absolute Gasteiger partial charge is 0.104 e. The van der Waals surface area contributed by atoms with E-state index in [1.165, 1.54) is 0 Å². The summed E-state index contributed by atoms with van der Waals surface area (Å²) in [5.74, 6) is 0.926. The van der Waals surface area contributed by atoms with Gasteiger partial charge in [0, 0.05) is 11.6 Å². The molecule has 1 saturated carbocycles. The minimum atomic E-state index is -0.178. The lowest BCUT2D eigenvalue weighted by Crippen LogP contribution is -2.36. The molecule has 1 fully saturated rings. The fourth-order valence-corrected chi connectivity index (χ4v) is 2.14. The van der Waals surface area contributed by atoms with Crippen LogP contribution in [-0.2, 0) is 0 Å². The van der Waals surface area contributed by atoms with Gasteiger partial charge in [-0.05, 0) is 37.5 Å². The Bertz CT molecular complexity index is 539. The molecule has 1 aromatic carbocycles. The van der Waals surface area contributed by atoms with Gasteiger partial charge in [0.2, 0.25) is 0 Å². The molecule has 4 heteroatoms.